The minimum absolute atomic E-state index is 0.456. The highest BCUT2D eigenvalue weighted by Crippen LogP contribution is 2.33. The molecule has 58 valence electrons. The Hall–Kier alpha value is -0.890. The highest BCUT2D eigenvalue weighted by molar-refractivity contribution is 5.34. The molecule has 0 amide bonds. The van der Waals surface area contributed by atoms with Crippen LogP contribution in [0.1, 0.15) is 17.3 Å². The number of fused-ring (bicyclic) bond motifs is 1. The third kappa shape index (κ3) is 0.942. The van der Waals surface area contributed by atoms with E-state index in [-0.39, 0.29) is 0 Å². The highest BCUT2D eigenvalue weighted by Gasteiger charge is 2.29. The average molecular weight is 152 g/mol. The van der Waals surface area contributed by atoms with E-state index < -0.39 is 12.3 Å². The summed E-state index contributed by atoms with van der Waals surface area (Å²) in [4.78, 5) is 0. The monoisotopic (exact) mass is 152 g/mol. The van der Waals surface area contributed by atoms with Crippen LogP contribution in [0.4, 0.5) is 4.39 Å². The average Bonchev–Trinajstić information content (AvgIpc) is 2.30. The van der Waals surface area contributed by atoms with Gasteiger partial charge in [-0.1, -0.05) is 24.3 Å². The summed E-state index contributed by atoms with van der Waals surface area (Å²) in [6.45, 7) is 0. The van der Waals surface area contributed by atoms with Crippen molar-refractivity contribution in [2.24, 2.45) is 0 Å². The number of aliphatic hydroxyl groups is 1. The molecular formula is C9H9FO. The summed E-state index contributed by atoms with van der Waals surface area (Å²) in [6, 6.07) is 7.25. The second-order valence-corrected chi connectivity index (χ2v) is 2.87. The van der Waals surface area contributed by atoms with Gasteiger partial charge in [-0.3, -0.25) is 0 Å². The summed E-state index contributed by atoms with van der Waals surface area (Å²) in [5.74, 6) is 0. The number of hydrogen-bond acceptors (Lipinski definition) is 1. The first-order chi connectivity index (χ1) is 5.29. The van der Waals surface area contributed by atoms with Crippen LogP contribution in [0.25, 0.3) is 0 Å². The zero-order valence-corrected chi connectivity index (χ0v) is 6.00. The van der Waals surface area contributed by atoms with Crippen molar-refractivity contribution in [3.05, 3.63) is 35.4 Å². The zero-order valence-electron chi connectivity index (χ0n) is 6.00. The first-order valence-corrected chi connectivity index (χ1v) is 3.69. The Labute approximate surface area is 64.5 Å². The van der Waals surface area contributed by atoms with E-state index in [2.05, 4.69) is 0 Å². The van der Waals surface area contributed by atoms with E-state index in [1.165, 1.54) is 0 Å². The van der Waals surface area contributed by atoms with Crippen LogP contribution in [0.5, 0.6) is 0 Å². The van der Waals surface area contributed by atoms with E-state index in [0.29, 0.717) is 12.0 Å². The molecular weight excluding hydrogens is 143 g/mol. The second kappa shape index (κ2) is 2.31. The molecule has 1 aromatic carbocycles. The Kier molecular flexibility index (Phi) is 1.43. The molecule has 0 bridgehead atoms. The first-order valence-electron chi connectivity index (χ1n) is 3.69. The largest absolute Gasteiger partial charge is 0.389 e. The molecule has 2 atom stereocenters. The normalized spacial score (nSPS) is 28.5. The summed E-state index contributed by atoms with van der Waals surface area (Å²) in [5, 5.41) is 9.14. The lowest BCUT2D eigenvalue weighted by molar-refractivity contribution is 0.0928. The van der Waals surface area contributed by atoms with Crippen LogP contribution in [0.2, 0.25) is 0 Å². The first kappa shape index (κ1) is 6.80. The van der Waals surface area contributed by atoms with Crippen LogP contribution in [0.3, 0.4) is 0 Å². The topological polar surface area (TPSA) is 20.2 Å². The lowest BCUT2D eigenvalue weighted by Crippen LogP contribution is -2.08. The summed E-state index contributed by atoms with van der Waals surface area (Å²) < 4.78 is 13.1. The molecule has 0 fully saturated rings. The van der Waals surface area contributed by atoms with Crippen molar-refractivity contribution in [1.82, 2.24) is 0 Å². The third-order valence-electron chi connectivity index (χ3n) is 2.12. The summed E-state index contributed by atoms with van der Waals surface area (Å²) >= 11 is 0. The molecule has 0 radical (unpaired) electrons. The van der Waals surface area contributed by atoms with Crippen LogP contribution >= 0.6 is 0 Å². The van der Waals surface area contributed by atoms with Crippen molar-refractivity contribution >= 4 is 0 Å². The van der Waals surface area contributed by atoms with E-state index in [1.54, 1.807) is 12.1 Å². The number of rotatable bonds is 0. The highest BCUT2D eigenvalue weighted by atomic mass is 19.1. The van der Waals surface area contributed by atoms with Gasteiger partial charge in [0.15, 0.2) is 6.17 Å². The number of alkyl halides is 1. The minimum atomic E-state index is -1.17. The molecule has 0 saturated heterocycles. The van der Waals surface area contributed by atoms with E-state index in [0.717, 1.165) is 5.56 Å². The van der Waals surface area contributed by atoms with E-state index in [4.69, 9.17) is 5.11 Å². The van der Waals surface area contributed by atoms with Crippen LogP contribution < -0.4 is 0 Å². The smallest absolute Gasteiger partial charge is 0.151 e. The van der Waals surface area contributed by atoms with E-state index in [1.807, 2.05) is 12.1 Å². The molecule has 1 aliphatic carbocycles. The standard InChI is InChI=1S/C9H9FO/c10-9-7-4-2-1-3-6(7)5-8(9)11/h1-4,8-9,11H,5H2/t8-,9-/m1/s1. The Morgan fingerprint density at radius 3 is 2.82 bits per heavy atom. The maximum Gasteiger partial charge on any atom is 0.151 e. The van der Waals surface area contributed by atoms with Crippen molar-refractivity contribution < 1.29 is 9.50 Å². The number of halogens is 1. The molecule has 1 nitrogen and oxygen atoms in total. The Bertz CT molecular complexity index is 272. The quantitative estimate of drug-likeness (QED) is 0.598. The number of hydrogen-bond donors (Lipinski definition) is 1. The zero-order chi connectivity index (χ0) is 7.84. The lowest BCUT2D eigenvalue weighted by Gasteiger charge is -2.03. The molecule has 0 aromatic heterocycles. The maximum absolute atomic E-state index is 13.1. The van der Waals surface area contributed by atoms with Crippen LogP contribution in [-0.2, 0) is 6.42 Å². The van der Waals surface area contributed by atoms with Gasteiger partial charge in [0.25, 0.3) is 0 Å². The number of benzene rings is 1. The van der Waals surface area contributed by atoms with Crippen molar-refractivity contribution in [2.45, 2.75) is 18.7 Å². The lowest BCUT2D eigenvalue weighted by atomic mass is 10.1. The predicted molar refractivity (Wildman–Crippen MR) is 40.0 cm³/mol. The van der Waals surface area contributed by atoms with Crippen LogP contribution in [0, 0.1) is 0 Å². The van der Waals surface area contributed by atoms with Crippen molar-refractivity contribution in [3.8, 4) is 0 Å². The molecule has 0 heterocycles. The fourth-order valence-electron chi connectivity index (χ4n) is 1.53. The van der Waals surface area contributed by atoms with Gasteiger partial charge in [0, 0.05) is 6.42 Å². The Morgan fingerprint density at radius 2 is 2.09 bits per heavy atom. The van der Waals surface area contributed by atoms with E-state index in [9.17, 15) is 4.39 Å². The van der Waals surface area contributed by atoms with Gasteiger partial charge < -0.3 is 5.11 Å². The molecule has 1 aliphatic rings. The van der Waals surface area contributed by atoms with Gasteiger partial charge >= 0.3 is 0 Å². The van der Waals surface area contributed by atoms with Crippen LogP contribution in [0.15, 0.2) is 24.3 Å². The van der Waals surface area contributed by atoms with Gasteiger partial charge in [-0.15, -0.1) is 0 Å². The summed E-state index contributed by atoms with van der Waals surface area (Å²) in [6.07, 6.45) is -1.55. The van der Waals surface area contributed by atoms with Gasteiger partial charge in [-0.2, -0.15) is 0 Å². The maximum atomic E-state index is 13.1. The summed E-state index contributed by atoms with van der Waals surface area (Å²) in [5.41, 5.74) is 1.59. The fraction of sp³-hybridized carbons (Fsp3) is 0.333. The molecule has 0 saturated carbocycles. The van der Waals surface area contributed by atoms with Gasteiger partial charge in [0.2, 0.25) is 0 Å². The Morgan fingerprint density at radius 1 is 1.36 bits per heavy atom. The van der Waals surface area contributed by atoms with Gasteiger partial charge in [-0.25, -0.2) is 4.39 Å². The van der Waals surface area contributed by atoms with Gasteiger partial charge in [0.1, 0.15) is 0 Å². The molecule has 0 spiro atoms. The fourth-order valence-corrected chi connectivity index (χ4v) is 1.53. The molecule has 0 aliphatic heterocycles. The van der Waals surface area contributed by atoms with Gasteiger partial charge in [0.05, 0.1) is 6.10 Å². The minimum Gasteiger partial charge on any atom is -0.389 e. The second-order valence-electron chi connectivity index (χ2n) is 2.87. The summed E-state index contributed by atoms with van der Waals surface area (Å²) in [7, 11) is 0. The van der Waals surface area contributed by atoms with Crippen molar-refractivity contribution in [1.29, 1.82) is 0 Å². The predicted octanol–water partition coefficient (Wildman–Crippen LogP) is 1.61. The molecule has 1 aromatic rings. The van der Waals surface area contributed by atoms with Crippen molar-refractivity contribution in [2.75, 3.05) is 0 Å². The van der Waals surface area contributed by atoms with Gasteiger partial charge in [-0.05, 0) is 11.1 Å². The SMILES string of the molecule is O[C@@H]1Cc2ccccc2[C@H]1F. The molecule has 2 rings (SSSR count). The Balaban J connectivity index is 2.47. The molecule has 11 heavy (non-hydrogen) atoms. The number of aliphatic hydroxyl groups excluding tert-OH is 1. The van der Waals surface area contributed by atoms with Crippen LogP contribution in [-0.4, -0.2) is 11.2 Å². The molecule has 2 heteroatoms. The molecule has 1 N–H and O–H groups in total. The van der Waals surface area contributed by atoms with Crippen molar-refractivity contribution in [3.63, 3.8) is 0 Å². The molecule has 0 unspecified atom stereocenters. The third-order valence-corrected chi connectivity index (χ3v) is 2.12. The van der Waals surface area contributed by atoms with E-state index >= 15 is 0 Å².